The maximum absolute atomic E-state index is 12.2. The van der Waals surface area contributed by atoms with Gasteiger partial charge in [-0.15, -0.1) is 0 Å². The van der Waals surface area contributed by atoms with Crippen molar-refractivity contribution >= 4 is 5.78 Å². The number of nitrogens with zero attached hydrogens (tertiary/aromatic N) is 1. The fourth-order valence-electron chi connectivity index (χ4n) is 3.14. The number of hydrogen-bond donors (Lipinski definition) is 0. The summed E-state index contributed by atoms with van der Waals surface area (Å²) >= 11 is 0. The third kappa shape index (κ3) is 1.72. The first kappa shape index (κ1) is 11.1. The highest BCUT2D eigenvalue weighted by atomic mass is 16.5. The van der Waals surface area contributed by atoms with E-state index in [-0.39, 0.29) is 0 Å². The molecule has 1 heterocycles. The Labute approximate surface area is 91.8 Å². The fraction of sp³-hybridized carbons (Fsp3) is 0.917. The van der Waals surface area contributed by atoms with E-state index in [4.69, 9.17) is 4.74 Å². The van der Waals surface area contributed by atoms with Crippen molar-refractivity contribution in [3.8, 4) is 0 Å². The molecule has 2 atom stereocenters. The first-order chi connectivity index (χ1) is 7.20. The maximum atomic E-state index is 12.2. The van der Waals surface area contributed by atoms with Crippen molar-refractivity contribution in [2.45, 2.75) is 50.7 Å². The number of carbonyl (C=O) groups is 1. The van der Waals surface area contributed by atoms with Gasteiger partial charge in [0, 0.05) is 25.6 Å². The van der Waals surface area contributed by atoms with Crippen LogP contribution < -0.4 is 0 Å². The standard InChI is InChI=1S/C12H21NO2/c1-3-15-12-8-9-13(2)10(12)6-4-5-7-11(12)14/h10H,3-9H2,1-2H3/t10-,12+/m0/s1. The van der Waals surface area contributed by atoms with Crippen molar-refractivity contribution in [2.24, 2.45) is 0 Å². The molecule has 0 spiro atoms. The summed E-state index contributed by atoms with van der Waals surface area (Å²) in [6, 6.07) is 0.326. The highest BCUT2D eigenvalue weighted by Crippen LogP contribution is 2.38. The Morgan fingerprint density at radius 2 is 2.33 bits per heavy atom. The number of ether oxygens (including phenoxy) is 1. The first-order valence-corrected chi connectivity index (χ1v) is 6.08. The number of rotatable bonds is 2. The summed E-state index contributed by atoms with van der Waals surface area (Å²) in [6.07, 6.45) is 4.92. The van der Waals surface area contributed by atoms with Gasteiger partial charge in [0.25, 0.3) is 0 Å². The van der Waals surface area contributed by atoms with Crippen molar-refractivity contribution in [3.05, 3.63) is 0 Å². The van der Waals surface area contributed by atoms with E-state index in [9.17, 15) is 4.79 Å². The zero-order chi connectivity index (χ0) is 10.9. The van der Waals surface area contributed by atoms with Crippen LogP contribution in [0.1, 0.15) is 39.0 Å². The molecule has 1 saturated heterocycles. The van der Waals surface area contributed by atoms with E-state index in [0.717, 1.165) is 32.2 Å². The van der Waals surface area contributed by atoms with Gasteiger partial charge in [0.15, 0.2) is 5.78 Å². The van der Waals surface area contributed by atoms with Gasteiger partial charge in [-0.25, -0.2) is 0 Å². The highest BCUT2D eigenvalue weighted by Gasteiger charge is 2.52. The minimum atomic E-state index is -0.458. The molecule has 2 rings (SSSR count). The summed E-state index contributed by atoms with van der Waals surface area (Å²) in [4.78, 5) is 14.5. The van der Waals surface area contributed by atoms with Crippen LogP contribution in [0.2, 0.25) is 0 Å². The van der Waals surface area contributed by atoms with Crippen LogP contribution in [0.25, 0.3) is 0 Å². The van der Waals surface area contributed by atoms with Crippen LogP contribution in [0.3, 0.4) is 0 Å². The number of Topliss-reactive ketones (excluding diaryl/α,β-unsaturated/α-hetero) is 1. The van der Waals surface area contributed by atoms with E-state index in [2.05, 4.69) is 11.9 Å². The molecule has 0 radical (unpaired) electrons. The van der Waals surface area contributed by atoms with Crippen molar-refractivity contribution in [1.82, 2.24) is 4.90 Å². The summed E-state index contributed by atoms with van der Waals surface area (Å²) in [5.41, 5.74) is -0.458. The molecule has 2 aliphatic rings. The Morgan fingerprint density at radius 1 is 1.53 bits per heavy atom. The maximum Gasteiger partial charge on any atom is 0.166 e. The first-order valence-electron chi connectivity index (χ1n) is 6.08. The quantitative estimate of drug-likeness (QED) is 0.695. The largest absolute Gasteiger partial charge is 0.366 e. The number of fused-ring (bicyclic) bond motifs is 1. The van der Waals surface area contributed by atoms with Crippen LogP contribution in [-0.4, -0.2) is 42.5 Å². The molecule has 15 heavy (non-hydrogen) atoms. The van der Waals surface area contributed by atoms with Crippen molar-refractivity contribution in [2.75, 3.05) is 20.2 Å². The average molecular weight is 211 g/mol. The van der Waals surface area contributed by atoms with E-state index in [1.807, 2.05) is 6.92 Å². The van der Waals surface area contributed by atoms with Gasteiger partial charge >= 0.3 is 0 Å². The van der Waals surface area contributed by atoms with E-state index in [1.165, 1.54) is 0 Å². The summed E-state index contributed by atoms with van der Waals surface area (Å²) in [5.74, 6) is 0.344. The normalized spacial score (nSPS) is 37.7. The molecule has 0 aromatic carbocycles. The van der Waals surface area contributed by atoms with E-state index in [1.54, 1.807) is 0 Å². The zero-order valence-corrected chi connectivity index (χ0v) is 9.79. The van der Waals surface area contributed by atoms with Gasteiger partial charge in [-0.3, -0.25) is 9.69 Å². The summed E-state index contributed by atoms with van der Waals surface area (Å²) < 4.78 is 5.87. The third-order valence-corrected chi connectivity index (χ3v) is 3.91. The Bertz CT molecular complexity index is 250. The van der Waals surface area contributed by atoms with Gasteiger partial charge in [0.05, 0.1) is 0 Å². The molecule has 0 N–H and O–H groups in total. The molecule has 2 fully saturated rings. The van der Waals surface area contributed by atoms with Gasteiger partial charge in [-0.1, -0.05) is 6.42 Å². The number of likely N-dealkylation sites (N-methyl/N-ethyl adjacent to an activating group) is 1. The number of ketones is 1. The minimum Gasteiger partial charge on any atom is -0.366 e. The van der Waals surface area contributed by atoms with Crippen molar-refractivity contribution < 1.29 is 9.53 Å². The number of hydrogen-bond acceptors (Lipinski definition) is 3. The molecule has 0 unspecified atom stereocenters. The lowest BCUT2D eigenvalue weighted by Gasteiger charge is -2.34. The number of likely N-dealkylation sites (tertiary alicyclic amines) is 1. The predicted molar refractivity (Wildman–Crippen MR) is 58.9 cm³/mol. The zero-order valence-electron chi connectivity index (χ0n) is 9.79. The second-order valence-electron chi connectivity index (χ2n) is 4.74. The SMILES string of the molecule is CCO[C@]12CCN(C)[C@H]1CCCCC2=O. The molecule has 0 aromatic rings. The van der Waals surface area contributed by atoms with Gasteiger partial charge in [-0.2, -0.15) is 0 Å². The molecule has 1 saturated carbocycles. The molecule has 0 bridgehead atoms. The molecular formula is C12H21NO2. The Balaban J connectivity index is 2.27. The lowest BCUT2D eigenvalue weighted by Crippen LogP contribution is -2.50. The monoisotopic (exact) mass is 211 g/mol. The van der Waals surface area contributed by atoms with Crippen LogP contribution in [0.5, 0.6) is 0 Å². The Hall–Kier alpha value is -0.410. The van der Waals surface area contributed by atoms with E-state index < -0.39 is 5.60 Å². The third-order valence-electron chi connectivity index (χ3n) is 3.91. The molecule has 0 aromatic heterocycles. The smallest absolute Gasteiger partial charge is 0.166 e. The summed E-state index contributed by atoms with van der Waals surface area (Å²) in [5, 5.41) is 0. The van der Waals surface area contributed by atoms with Crippen LogP contribution in [0.4, 0.5) is 0 Å². The van der Waals surface area contributed by atoms with Gasteiger partial charge in [-0.05, 0) is 33.2 Å². The van der Waals surface area contributed by atoms with Gasteiger partial charge in [0.1, 0.15) is 5.60 Å². The summed E-state index contributed by atoms with van der Waals surface area (Å²) in [6.45, 7) is 3.63. The Kier molecular flexibility index (Phi) is 3.12. The predicted octanol–water partition coefficient (Wildman–Crippen LogP) is 1.61. The second-order valence-corrected chi connectivity index (χ2v) is 4.74. The van der Waals surface area contributed by atoms with Crippen molar-refractivity contribution in [1.29, 1.82) is 0 Å². The van der Waals surface area contributed by atoms with Crippen LogP contribution in [0.15, 0.2) is 0 Å². The van der Waals surface area contributed by atoms with E-state index >= 15 is 0 Å². The topological polar surface area (TPSA) is 29.5 Å². The lowest BCUT2D eigenvalue weighted by molar-refractivity contribution is -0.146. The molecule has 3 heteroatoms. The van der Waals surface area contributed by atoms with E-state index in [0.29, 0.717) is 24.9 Å². The second kappa shape index (κ2) is 4.22. The average Bonchev–Trinajstić information content (AvgIpc) is 2.43. The molecular weight excluding hydrogens is 190 g/mol. The van der Waals surface area contributed by atoms with Crippen LogP contribution >= 0.6 is 0 Å². The highest BCUT2D eigenvalue weighted by molar-refractivity contribution is 5.89. The Morgan fingerprint density at radius 3 is 3.07 bits per heavy atom. The van der Waals surface area contributed by atoms with Crippen LogP contribution in [0, 0.1) is 0 Å². The van der Waals surface area contributed by atoms with Crippen LogP contribution in [-0.2, 0) is 9.53 Å². The summed E-state index contributed by atoms with van der Waals surface area (Å²) in [7, 11) is 2.12. The minimum absolute atomic E-state index is 0.326. The van der Waals surface area contributed by atoms with Gasteiger partial charge < -0.3 is 4.74 Å². The molecule has 1 aliphatic heterocycles. The molecule has 3 nitrogen and oxygen atoms in total. The fourth-order valence-corrected chi connectivity index (χ4v) is 3.14. The van der Waals surface area contributed by atoms with Crippen molar-refractivity contribution in [3.63, 3.8) is 0 Å². The molecule has 86 valence electrons. The molecule has 0 amide bonds. The lowest BCUT2D eigenvalue weighted by atomic mass is 9.88. The van der Waals surface area contributed by atoms with Gasteiger partial charge in [0.2, 0.25) is 0 Å². The number of carbonyl (C=O) groups excluding carboxylic acids is 1. The molecule has 1 aliphatic carbocycles.